The first kappa shape index (κ1) is 29.5. The second-order valence-electron chi connectivity index (χ2n) is 10.2. The number of benzene rings is 3. The zero-order valence-corrected chi connectivity index (χ0v) is 26.6. The number of hydrogen-bond acceptors (Lipinski definition) is 5. The number of fused-ring (bicyclic) bond motifs is 2. The van der Waals surface area contributed by atoms with Crippen LogP contribution in [0.4, 0.5) is 0 Å². The lowest BCUT2D eigenvalue weighted by Crippen LogP contribution is -2.40. The van der Waals surface area contributed by atoms with E-state index >= 15 is 0 Å². The Morgan fingerprint density at radius 2 is 1.74 bits per heavy atom. The van der Waals surface area contributed by atoms with Gasteiger partial charge in [0.15, 0.2) is 4.80 Å². The van der Waals surface area contributed by atoms with E-state index < -0.39 is 12.0 Å². The van der Waals surface area contributed by atoms with Crippen molar-refractivity contribution in [1.29, 1.82) is 0 Å². The molecule has 3 heterocycles. The number of nitrogens with zero attached hydrogens (tertiary/aromatic N) is 3. The number of rotatable bonds is 6. The number of para-hydroxylation sites is 1. The molecule has 1 aliphatic rings. The van der Waals surface area contributed by atoms with Crippen molar-refractivity contribution in [1.82, 2.24) is 9.13 Å². The van der Waals surface area contributed by atoms with E-state index in [2.05, 4.69) is 15.6 Å². The molecule has 218 valence electrons. The van der Waals surface area contributed by atoms with Crippen molar-refractivity contribution in [3.05, 3.63) is 135 Å². The molecule has 0 N–H and O–H groups in total. The normalized spacial score (nSPS) is 15.1. The summed E-state index contributed by atoms with van der Waals surface area (Å²) in [6.45, 7) is 6.31. The van der Waals surface area contributed by atoms with E-state index in [1.54, 1.807) is 30.5 Å². The van der Waals surface area contributed by atoms with Gasteiger partial charge in [-0.25, -0.2) is 9.79 Å². The molecule has 3 aromatic carbocycles. The molecule has 1 aliphatic heterocycles. The predicted molar refractivity (Wildman–Crippen MR) is 174 cm³/mol. The summed E-state index contributed by atoms with van der Waals surface area (Å²) < 4.78 is 9.65. The first-order valence-corrected chi connectivity index (χ1v) is 15.6. The molecule has 6 rings (SSSR count). The van der Waals surface area contributed by atoms with E-state index in [4.69, 9.17) is 39.5 Å². The third-order valence-corrected chi connectivity index (χ3v) is 9.66. The number of allylic oxidation sites excluding steroid dienone is 1. The van der Waals surface area contributed by atoms with Crippen LogP contribution in [-0.2, 0) is 16.1 Å². The molecule has 5 aromatic rings. The number of ether oxygens (including phenoxy) is 1. The van der Waals surface area contributed by atoms with Crippen LogP contribution in [0.2, 0.25) is 15.1 Å². The van der Waals surface area contributed by atoms with Gasteiger partial charge < -0.3 is 9.30 Å². The Labute approximate surface area is 266 Å². The Bertz CT molecular complexity index is 2140. The summed E-state index contributed by atoms with van der Waals surface area (Å²) in [5, 5.41) is 2.46. The van der Waals surface area contributed by atoms with Crippen LogP contribution in [0.25, 0.3) is 17.0 Å². The van der Waals surface area contributed by atoms with Gasteiger partial charge >= 0.3 is 5.97 Å². The van der Waals surface area contributed by atoms with Crippen LogP contribution in [0.1, 0.15) is 42.3 Å². The van der Waals surface area contributed by atoms with Gasteiger partial charge in [0.25, 0.3) is 5.56 Å². The summed E-state index contributed by atoms with van der Waals surface area (Å²) in [6.07, 6.45) is 1.92. The van der Waals surface area contributed by atoms with Crippen molar-refractivity contribution < 1.29 is 9.53 Å². The van der Waals surface area contributed by atoms with Gasteiger partial charge in [0.05, 0.1) is 32.5 Å². The maximum atomic E-state index is 14.2. The topological polar surface area (TPSA) is 65.6 Å². The average Bonchev–Trinajstić information content (AvgIpc) is 3.43. The number of carbonyl (C=O) groups excluding carboxylic acids is 1. The summed E-state index contributed by atoms with van der Waals surface area (Å²) >= 11 is 20.4. The van der Waals surface area contributed by atoms with Crippen LogP contribution in [0.5, 0.6) is 0 Å². The number of hydrogen-bond donors (Lipinski definition) is 0. The highest BCUT2D eigenvalue weighted by atomic mass is 35.5. The van der Waals surface area contributed by atoms with Crippen molar-refractivity contribution in [3.8, 4) is 0 Å². The number of halogens is 3. The Hall–Kier alpha value is -3.62. The SMILES string of the molecule is CCOC(=O)C1=C(C)N=c2s/c(=C\c3c(C)n(Cc4ccc(Cl)c(Cl)c4)c4ccccc34)c(=O)n2[C@H]1c1ccccc1Cl. The zero-order chi connectivity index (χ0) is 30.4. The molecular formula is C33H26Cl3N3O3S. The van der Waals surface area contributed by atoms with Crippen LogP contribution in [0, 0.1) is 6.92 Å². The molecule has 0 spiro atoms. The molecule has 0 radical (unpaired) electrons. The lowest BCUT2D eigenvalue weighted by atomic mass is 9.96. The highest BCUT2D eigenvalue weighted by molar-refractivity contribution is 7.07. The van der Waals surface area contributed by atoms with Crippen LogP contribution in [0.3, 0.4) is 0 Å². The molecule has 0 aliphatic carbocycles. The summed E-state index contributed by atoms with van der Waals surface area (Å²) in [7, 11) is 0. The average molecular weight is 651 g/mol. The maximum Gasteiger partial charge on any atom is 0.338 e. The van der Waals surface area contributed by atoms with E-state index in [9.17, 15) is 9.59 Å². The molecule has 2 aromatic heterocycles. The Morgan fingerprint density at radius 3 is 2.49 bits per heavy atom. The first-order chi connectivity index (χ1) is 20.7. The van der Waals surface area contributed by atoms with Crippen molar-refractivity contribution in [3.63, 3.8) is 0 Å². The predicted octanol–water partition coefficient (Wildman–Crippen LogP) is 7.07. The van der Waals surface area contributed by atoms with Crippen LogP contribution >= 0.6 is 46.1 Å². The molecule has 0 amide bonds. The van der Waals surface area contributed by atoms with Gasteiger partial charge in [-0.05, 0) is 62.2 Å². The first-order valence-electron chi connectivity index (χ1n) is 13.7. The zero-order valence-electron chi connectivity index (χ0n) is 23.5. The summed E-state index contributed by atoms with van der Waals surface area (Å²) in [5.41, 5.74) is 5.10. The van der Waals surface area contributed by atoms with Crippen LogP contribution < -0.4 is 14.9 Å². The quantitative estimate of drug-likeness (QED) is 0.185. The van der Waals surface area contributed by atoms with Gasteiger partial charge in [-0.2, -0.15) is 0 Å². The van der Waals surface area contributed by atoms with Crippen LogP contribution in [-0.4, -0.2) is 21.7 Å². The summed E-state index contributed by atoms with van der Waals surface area (Å²) in [4.78, 5) is 32.6. The van der Waals surface area contributed by atoms with Gasteiger partial charge in [-0.15, -0.1) is 0 Å². The molecule has 1 atom stereocenters. The molecule has 6 nitrogen and oxygen atoms in total. The fourth-order valence-corrected chi connectivity index (χ4v) is 7.17. The van der Waals surface area contributed by atoms with Crippen molar-refractivity contribution in [2.45, 2.75) is 33.4 Å². The molecular weight excluding hydrogens is 625 g/mol. The number of aromatic nitrogens is 2. The van der Waals surface area contributed by atoms with Crippen molar-refractivity contribution in [2.24, 2.45) is 4.99 Å². The molecule has 43 heavy (non-hydrogen) atoms. The molecule has 0 saturated carbocycles. The number of carbonyl (C=O) groups is 1. The molecule has 0 fully saturated rings. The minimum atomic E-state index is -0.775. The number of esters is 1. The van der Waals surface area contributed by atoms with E-state index in [1.165, 1.54) is 11.3 Å². The van der Waals surface area contributed by atoms with Gasteiger partial charge in [0.2, 0.25) is 0 Å². The lowest BCUT2D eigenvalue weighted by molar-refractivity contribution is -0.139. The highest BCUT2D eigenvalue weighted by Crippen LogP contribution is 2.35. The van der Waals surface area contributed by atoms with Crippen molar-refractivity contribution in [2.75, 3.05) is 6.61 Å². The van der Waals surface area contributed by atoms with E-state index in [-0.39, 0.29) is 12.2 Å². The van der Waals surface area contributed by atoms with Gasteiger partial charge in [-0.1, -0.05) is 88.6 Å². The minimum absolute atomic E-state index is 0.195. The van der Waals surface area contributed by atoms with Crippen molar-refractivity contribution >= 4 is 69.1 Å². The Kier molecular flexibility index (Phi) is 8.09. The third-order valence-electron chi connectivity index (χ3n) is 7.60. The standard InChI is InChI=1S/C33H26Cl3N3O3S/c1-4-42-32(41)29-18(2)37-33-39(30(29)22-10-5-7-11-24(22)34)31(40)28(43-33)16-23-19(3)38(27-12-8-6-9-21(23)27)17-20-13-14-25(35)26(36)15-20/h5-16,30H,4,17H2,1-3H3/b28-16-/t30-/m0/s1. The van der Waals surface area contributed by atoms with Gasteiger partial charge in [0.1, 0.15) is 6.04 Å². The molecule has 10 heteroatoms. The summed E-state index contributed by atoms with van der Waals surface area (Å²) in [5.74, 6) is -0.524. The smallest absolute Gasteiger partial charge is 0.338 e. The van der Waals surface area contributed by atoms with Crippen LogP contribution in [0.15, 0.2) is 87.8 Å². The second-order valence-corrected chi connectivity index (χ2v) is 12.4. The molecule has 0 bridgehead atoms. The maximum absolute atomic E-state index is 14.2. The largest absolute Gasteiger partial charge is 0.463 e. The molecule has 0 saturated heterocycles. The van der Waals surface area contributed by atoms with Gasteiger partial charge in [0, 0.05) is 33.7 Å². The third kappa shape index (κ3) is 5.25. The Balaban J connectivity index is 1.55. The van der Waals surface area contributed by atoms with E-state index in [0.717, 1.165) is 27.7 Å². The Morgan fingerprint density at radius 1 is 1.00 bits per heavy atom. The summed E-state index contributed by atoms with van der Waals surface area (Å²) in [6, 6.07) is 20.1. The molecule has 0 unspecified atom stereocenters. The number of thiazole rings is 1. The minimum Gasteiger partial charge on any atom is -0.463 e. The van der Waals surface area contributed by atoms with E-state index in [1.807, 2.05) is 61.5 Å². The fourth-order valence-electron chi connectivity index (χ4n) is 5.58. The van der Waals surface area contributed by atoms with Gasteiger partial charge in [-0.3, -0.25) is 9.36 Å². The lowest BCUT2D eigenvalue weighted by Gasteiger charge is -2.25. The monoisotopic (exact) mass is 649 g/mol. The second kappa shape index (κ2) is 11.8. The fraction of sp³-hybridized carbons (Fsp3) is 0.182. The highest BCUT2D eigenvalue weighted by Gasteiger charge is 2.34. The van der Waals surface area contributed by atoms with E-state index in [0.29, 0.717) is 47.8 Å².